The lowest BCUT2D eigenvalue weighted by molar-refractivity contribution is -0.274. The van der Waals surface area contributed by atoms with E-state index >= 15 is 0 Å². The van der Waals surface area contributed by atoms with Gasteiger partial charge in [-0.05, 0) is 30.0 Å². The molecule has 186 valence electrons. The first-order chi connectivity index (χ1) is 17.0. The lowest BCUT2D eigenvalue weighted by atomic mass is 9.78. The van der Waals surface area contributed by atoms with Crippen LogP contribution in [0.2, 0.25) is 0 Å². The van der Waals surface area contributed by atoms with Crippen molar-refractivity contribution in [1.82, 2.24) is 24.3 Å². The van der Waals surface area contributed by atoms with Gasteiger partial charge in [0.1, 0.15) is 40.1 Å². The van der Waals surface area contributed by atoms with Crippen LogP contribution in [0, 0.1) is 5.41 Å². The van der Waals surface area contributed by atoms with E-state index in [1.54, 1.807) is 27.9 Å². The van der Waals surface area contributed by atoms with Crippen molar-refractivity contribution < 1.29 is 27.4 Å². The molecule has 0 bridgehead atoms. The number of nitrogens with two attached hydrogens (primary N) is 1. The predicted molar refractivity (Wildman–Crippen MR) is 122 cm³/mol. The van der Waals surface area contributed by atoms with Crippen molar-refractivity contribution in [2.75, 3.05) is 12.3 Å². The fraction of sp³-hybridized carbons (Fsp3) is 0.333. The molecule has 0 aliphatic carbocycles. The summed E-state index contributed by atoms with van der Waals surface area (Å²) < 4.78 is 50.0. The zero-order valence-electron chi connectivity index (χ0n) is 19.3. The minimum Gasteiger partial charge on any atom is -0.487 e. The Morgan fingerprint density at radius 2 is 2.03 bits per heavy atom. The largest absolute Gasteiger partial charge is 0.573 e. The molecule has 6 rings (SSSR count). The van der Waals surface area contributed by atoms with Crippen LogP contribution in [0.3, 0.4) is 0 Å². The fourth-order valence-corrected chi connectivity index (χ4v) is 5.22. The molecule has 2 atom stereocenters. The first-order valence-electron chi connectivity index (χ1n) is 11.2. The van der Waals surface area contributed by atoms with Gasteiger partial charge in [-0.25, -0.2) is 15.0 Å². The molecular formula is C24H21F3N6O3. The number of ether oxygens (including phenoxy) is 2. The normalized spacial score (nSPS) is 20.8. The average Bonchev–Trinajstić information content (AvgIpc) is 3.41. The number of amides is 1. The second kappa shape index (κ2) is 7.45. The number of halogens is 3. The molecule has 0 unspecified atom stereocenters. The summed E-state index contributed by atoms with van der Waals surface area (Å²) in [6.07, 6.45) is 0.0545. The molecule has 2 N–H and O–H groups in total. The third kappa shape index (κ3) is 3.64. The number of fused-ring (bicyclic) bond motifs is 6. The van der Waals surface area contributed by atoms with E-state index in [1.165, 1.54) is 24.4 Å². The summed E-state index contributed by atoms with van der Waals surface area (Å²) in [4.78, 5) is 28.4. The van der Waals surface area contributed by atoms with Crippen LogP contribution in [-0.4, -0.2) is 49.2 Å². The Morgan fingerprint density at radius 3 is 2.81 bits per heavy atom. The van der Waals surface area contributed by atoms with Crippen LogP contribution in [0.25, 0.3) is 16.6 Å². The van der Waals surface area contributed by atoms with Gasteiger partial charge in [-0.2, -0.15) is 0 Å². The summed E-state index contributed by atoms with van der Waals surface area (Å²) in [7, 11) is 0. The maximum Gasteiger partial charge on any atom is 0.573 e. The van der Waals surface area contributed by atoms with Crippen LogP contribution in [0.5, 0.6) is 11.5 Å². The molecule has 9 nitrogen and oxygen atoms in total. The third-order valence-electron chi connectivity index (χ3n) is 6.60. The topological polar surface area (TPSA) is 108 Å². The number of nitrogen functional groups attached to an aromatic ring is 1. The number of carbonyl (C=O) groups is 1. The molecule has 12 heteroatoms. The van der Waals surface area contributed by atoms with Gasteiger partial charge in [-0.3, -0.25) is 9.20 Å². The van der Waals surface area contributed by atoms with Gasteiger partial charge in [0.2, 0.25) is 0 Å². The zero-order valence-corrected chi connectivity index (χ0v) is 19.3. The number of imidazole rings is 1. The van der Waals surface area contributed by atoms with Gasteiger partial charge in [-0.1, -0.05) is 13.8 Å². The molecule has 4 aromatic rings. The minimum atomic E-state index is -4.81. The third-order valence-corrected chi connectivity index (χ3v) is 6.60. The van der Waals surface area contributed by atoms with Gasteiger partial charge in [0.25, 0.3) is 5.91 Å². The van der Waals surface area contributed by atoms with Gasteiger partial charge in [0.05, 0.1) is 30.3 Å². The molecule has 0 spiro atoms. The van der Waals surface area contributed by atoms with Crippen LogP contribution in [0.1, 0.15) is 42.4 Å². The van der Waals surface area contributed by atoms with E-state index in [9.17, 15) is 18.0 Å². The molecule has 1 aromatic carbocycles. The predicted octanol–water partition coefficient (Wildman–Crippen LogP) is 4.13. The molecule has 1 saturated heterocycles. The van der Waals surface area contributed by atoms with E-state index in [4.69, 9.17) is 10.5 Å². The van der Waals surface area contributed by atoms with Gasteiger partial charge < -0.3 is 20.1 Å². The molecule has 3 aromatic heterocycles. The number of alkyl halides is 3. The summed E-state index contributed by atoms with van der Waals surface area (Å²) in [6.45, 7) is 4.45. The number of piperidine rings is 1. The Kier molecular flexibility index (Phi) is 4.63. The lowest BCUT2D eigenvalue weighted by Gasteiger charge is -2.44. The standard InChI is InChI=1S/C24H21F3N6O3/c1-23(2)7-19-20(13-4-3-12(5-18(13)35-19)36-24(25,26)27)32(10-23)22(34)14-6-16-15(8-30-14)31-21(28)17-9-29-11-33(16)17/h3-6,8-9,11,19-20H,7,10H2,1-2H3,(H2,28,31)/t19-,20-/m0/s1. The van der Waals surface area contributed by atoms with Crippen molar-refractivity contribution in [2.24, 2.45) is 5.41 Å². The highest BCUT2D eigenvalue weighted by Gasteiger charge is 2.49. The number of hydrogen-bond acceptors (Lipinski definition) is 7. The molecule has 2 aliphatic heterocycles. The van der Waals surface area contributed by atoms with Gasteiger partial charge in [0.15, 0.2) is 0 Å². The van der Waals surface area contributed by atoms with E-state index in [1.807, 2.05) is 13.8 Å². The Balaban J connectivity index is 1.40. The monoisotopic (exact) mass is 498 g/mol. The van der Waals surface area contributed by atoms with Crippen molar-refractivity contribution in [3.05, 3.63) is 54.2 Å². The summed E-state index contributed by atoms with van der Waals surface area (Å²) in [5, 5.41) is 0. The summed E-state index contributed by atoms with van der Waals surface area (Å²) in [6, 6.07) is 5.15. The number of nitrogens with zero attached hydrogens (tertiary/aromatic N) is 5. The smallest absolute Gasteiger partial charge is 0.487 e. The summed E-state index contributed by atoms with van der Waals surface area (Å²) >= 11 is 0. The number of likely N-dealkylation sites (tertiary alicyclic amines) is 1. The molecule has 1 amide bonds. The highest BCUT2D eigenvalue weighted by atomic mass is 19.4. The van der Waals surface area contributed by atoms with Crippen LogP contribution in [0.15, 0.2) is 43.0 Å². The van der Waals surface area contributed by atoms with Crippen LogP contribution < -0.4 is 15.2 Å². The molecule has 36 heavy (non-hydrogen) atoms. The van der Waals surface area contributed by atoms with E-state index in [-0.39, 0.29) is 28.5 Å². The Labute approximate surface area is 202 Å². The quantitative estimate of drug-likeness (QED) is 0.443. The average molecular weight is 498 g/mol. The van der Waals surface area contributed by atoms with E-state index in [2.05, 4.69) is 19.7 Å². The Hall–Kier alpha value is -4.09. The van der Waals surface area contributed by atoms with Gasteiger partial charge >= 0.3 is 6.36 Å². The lowest BCUT2D eigenvalue weighted by Crippen LogP contribution is -2.51. The second-order valence-electron chi connectivity index (χ2n) is 9.85. The van der Waals surface area contributed by atoms with E-state index in [0.29, 0.717) is 40.9 Å². The highest BCUT2D eigenvalue weighted by Crippen LogP contribution is 2.50. The summed E-state index contributed by atoms with van der Waals surface area (Å²) in [5.74, 6) is -0.121. The number of anilines is 1. The number of pyridine rings is 1. The van der Waals surface area contributed by atoms with Crippen LogP contribution >= 0.6 is 0 Å². The first kappa shape index (κ1) is 22.4. The summed E-state index contributed by atoms with van der Waals surface area (Å²) in [5.41, 5.74) is 8.28. The zero-order chi connectivity index (χ0) is 25.4. The SMILES string of the molecule is CC1(C)C[C@@H]2Oc3cc(OC(F)(F)F)ccc3[C@@H]2N(C(=O)c2cc3c(cn2)nc(N)c2cncn23)C1. The van der Waals surface area contributed by atoms with E-state index < -0.39 is 18.5 Å². The second-order valence-corrected chi connectivity index (χ2v) is 9.85. The maximum atomic E-state index is 13.8. The van der Waals surface area contributed by atoms with Gasteiger partial charge in [-0.15, -0.1) is 13.2 Å². The van der Waals surface area contributed by atoms with Crippen molar-refractivity contribution >= 4 is 28.3 Å². The van der Waals surface area contributed by atoms with Crippen molar-refractivity contribution in [2.45, 2.75) is 38.8 Å². The van der Waals surface area contributed by atoms with E-state index in [0.717, 1.165) is 0 Å². The molecule has 1 fully saturated rings. The Bertz CT molecular complexity index is 1530. The Morgan fingerprint density at radius 1 is 1.22 bits per heavy atom. The number of hydrogen-bond donors (Lipinski definition) is 1. The number of rotatable bonds is 2. The van der Waals surface area contributed by atoms with Crippen LogP contribution in [-0.2, 0) is 0 Å². The molecule has 5 heterocycles. The fourth-order valence-electron chi connectivity index (χ4n) is 5.22. The molecule has 0 radical (unpaired) electrons. The van der Waals surface area contributed by atoms with Crippen LogP contribution in [0.4, 0.5) is 19.0 Å². The molecule has 0 saturated carbocycles. The number of aromatic nitrogens is 4. The maximum absolute atomic E-state index is 13.8. The highest BCUT2D eigenvalue weighted by molar-refractivity contribution is 5.96. The number of carbonyl (C=O) groups excluding carboxylic acids is 1. The molecule has 2 aliphatic rings. The minimum absolute atomic E-state index is 0.200. The number of benzene rings is 1. The van der Waals surface area contributed by atoms with Crippen molar-refractivity contribution in [3.63, 3.8) is 0 Å². The first-order valence-corrected chi connectivity index (χ1v) is 11.2. The molecular weight excluding hydrogens is 477 g/mol. The van der Waals surface area contributed by atoms with Crippen molar-refractivity contribution in [3.8, 4) is 11.5 Å². The van der Waals surface area contributed by atoms with Crippen molar-refractivity contribution in [1.29, 1.82) is 0 Å². The van der Waals surface area contributed by atoms with Gasteiger partial charge in [0, 0.05) is 18.2 Å².